The summed E-state index contributed by atoms with van der Waals surface area (Å²) >= 11 is 0. The van der Waals surface area contributed by atoms with Crippen LogP contribution >= 0.6 is 0 Å². The number of aromatic hydroxyl groups is 2. The smallest absolute Gasteiger partial charge is 0.244 e. The molecule has 130 valence electrons. The third-order valence-corrected chi connectivity index (χ3v) is 4.50. The van der Waals surface area contributed by atoms with Crippen molar-refractivity contribution < 1.29 is 14.8 Å². The van der Waals surface area contributed by atoms with E-state index in [1.54, 1.807) is 0 Å². The molecule has 0 radical (unpaired) electrons. The Balaban J connectivity index is 1.82. The summed E-state index contributed by atoms with van der Waals surface area (Å²) in [4.78, 5) is 0. The van der Waals surface area contributed by atoms with Gasteiger partial charge < -0.3 is 10.2 Å². The van der Waals surface area contributed by atoms with Crippen LogP contribution in [0.2, 0.25) is 0 Å². The molecular weight excluding hydrogens is 312 g/mol. The zero-order chi connectivity index (χ0) is 18.1. The van der Waals surface area contributed by atoms with Crippen molar-refractivity contribution in [2.45, 2.75) is 40.8 Å². The Bertz CT molecular complexity index is 852. The molecule has 1 heterocycles. The first kappa shape index (κ1) is 17.1. The van der Waals surface area contributed by atoms with Gasteiger partial charge in [0.1, 0.15) is 37.0 Å². The Morgan fingerprint density at radius 3 is 2.04 bits per heavy atom. The summed E-state index contributed by atoms with van der Waals surface area (Å²) in [5.74, 6) is 0.718. The van der Waals surface area contributed by atoms with Gasteiger partial charge in [-0.25, -0.2) is 9.13 Å². The zero-order valence-electron chi connectivity index (χ0n) is 15.2. The van der Waals surface area contributed by atoms with Crippen LogP contribution in [0.3, 0.4) is 0 Å². The van der Waals surface area contributed by atoms with Gasteiger partial charge in [0.2, 0.25) is 6.33 Å². The monoisotopic (exact) mass is 337 g/mol. The number of imidazole rings is 1. The fourth-order valence-corrected chi connectivity index (χ4v) is 3.36. The summed E-state index contributed by atoms with van der Waals surface area (Å²) in [6.45, 7) is 9.14. The molecule has 2 aromatic carbocycles. The molecule has 1 aromatic heterocycles. The summed E-state index contributed by atoms with van der Waals surface area (Å²) in [5.41, 5.74) is 5.91. The molecule has 4 nitrogen and oxygen atoms in total. The zero-order valence-corrected chi connectivity index (χ0v) is 15.2. The molecule has 0 atom stereocenters. The van der Waals surface area contributed by atoms with E-state index in [4.69, 9.17) is 0 Å². The molecule has 0 saturated carbocycles. The van der Waals surface area contributed by atoms with Crippen LogP contribution in [-0.2, 0) is 13.1 Å². The number of phenolic OH excluding ortho intramolecular Hbond substituents is 2. The van der Waals surface area contributed by atoms with E-state index in [-0.39, 0.29) is 0 Å². The molecule has 0 aliphatic rings. The summed E-state index contributed by atoms with van der Waals surface area (Å²) in [5, 5.41) is 20.5. The lowest BCUT2D eigenvalue weighted by Gasteiger charge is -2.08. The van der Waals surface area contributed by atoms with Gasteiger partial charge in [-0.1, -0.05) is 23.3 Å². The number of rotatable bonds is 4. The second-order valence-electron chi connectivity index (χ2n) is 6.94. The van der Waals surface area contributed by atoms with E-state index >= 15 is 0 Å². The van der Waals surface area contributed by atoms with E-state index in [2.05, 4.69) is 0 Å². The maximum atomic E-state index is 10.3. The third-order valence-electron chi connectivity index (χ3n) is 4.50. The van der Waals surface area contributed by atoms with Crippen LogP contribution in [0.25, 0.3) is 0 Å². The highest BCUT2D eigenvalue weighted by Crippen LogP contribution is 2.25. The largest absolute Gasteiger partial charge is 0.507 e. The van der Waals surface area contributed by atoms with Gasteiger partial charge >= 0.3 is 0 Å². The van der Waals surface area contributed by atoms with Crippen molar-refractivity contribution >= 4 is 0 Å². The number of benzene rings is 2. The van der Waals surface area contributed by atoms with Gasteiger partial charge in [0.25, 0.3) is 0 Å². The number of hydrogen-bond acceptors (Lipinski definition) is 2. The standard InChI is InChI=1S/C21H24N2O2/c1-14-7-16(3)20(24)18(9-14)11-22-5-6-23(13-22)12-19-10-15(2)8-17(4)21(19)25/h5-10,13H,11-12H2,1-4H3,(H-,24,25)/p+1. The van der Waals surface area contributed by atoms with E-state index in [0.717, 1.165) is 33.4 Å². The Hall–Kier alpha value is -2.75. The molecule has 0 fully saturated rings. The second-order valence-corrected chi connectivity index (χ2v) is 6.94. The summed E-state index contributed by atoms with van der Waals surface area (Å²) in [6, 6.07) is 8.00. The second kappa shape index (κ2) is 6.63. The number of aromatic nitrogens is 2. The quantitative estimate of drug-likeness (QED) is 0.716. The van der Waals surface area contributed by atoms with Crippen LogP contribution in [0.1, 0.15) is 33.4 Å². The fraction of sp³-hybridized carbons (Fsp3) is 0.286. The van der Waals surface area contributed by atoms with Crippen molar-refractivity contribution in [2.24, 2.45) is 0 Å². The number of phenols is 2. The Morgan fingerprint density at radius 1 is 0.840 bits per heavy atom. The average molecular weight is 337 g/mol. The maximum Gasteiger partial charge on any atom is 0.244 e. The molecule has 0 aliphatic heterocycles. The first-order chi connectivity index (χ1) is 11.8. The SMILES string of the molecule is Cc1cc(C)c(O)c(Cn2cc[n+](Cc3cc(C)cc(C)c3O)c2)c1. The van der Waals surface area contributed by atoms with Gasteiger partial charge in [-0.2, -0.15) is 0 Å². The molecule has 3 rings (SSSR count). The van der Waals surface area contributed by atoms with E-state index in [1.807, 2.05) is 79.8 Å². The first-order valence-corrected chi connectivity index (χ1v) is 8.46. The molecule has 0 amide bonds. The predicted octanol–water partition coefficient (Wildman–Crippen LogP) is 3.52. The third kappa shape index (κ3) is 3.68. The first-order valence-electron chi connectivity index (χ1n) is 8.46. The molecule has 4 heteroatoms. The minimum absolute atomic E-state index is 0.359. The van der Waals surface area contributed by atoms with Crippen LogP contribution < -0.4 is 4.57 Å². The normalized spacial score (nSPS) is 11.0. The minimum atomic E-state index is 0.359. The van der Waals surface area contributed by atoms with Crippen molar-refractivity contribution in [3.05, 3.63) is 76.4 Å². The fourth-order valence-electron chi connectivity index (χ4n) is 3.36. The highest BCUT2D eigenvalue weighted by atomic mass is 16.3. The van der Waals surface area contributed by atoms with Crippen LogP contribution in [0.15, 0.2) is 43.0 Å². The lowest BCUT2D eigenvalue weighted by Crippen LogP contribution is -2.31. The highest BCUT2D eigenvalue weighted by molar-refractivity contribution is 5.43. The van der Waals surface area contributed by atoms with Crippen LogP contribution in [0.5, 0.6) is 11.5 Å². The van der Waals surface area contributed by atoms with Crippen LogP contribution in [0.4, 0.5) is 0 Å². The summed E-state index contributed by atoms with van der Waals surface area (Å²) in [7, 11) is 0. The van der Waals surface area contributed by atoms with Crippen molar-refractivity contribution in [1.29, 1.82) is 0 Å². The van der Waals surface area contributed by atoms with Crippen molar-refractivity contribution in [1.82, 2.24) is 4.57 Å². The molecule has 0 bridgehead atoms. The Morgan fingerprint density at radius 2 is 1.40 bits per heavy atom. The Labute approximate surface area is 148 Å². The molecule has 0 spiro atoms. The van der Waals surface area contributed by atoms with Crippen LogP contribution in [0, 0.1) is 27.7 Å². The lowest BCUT2D eigenvalue weighted by molar-refractivity contribution is -0.687. The van der Waals surface area contributed by atoms with Gasteiger partial charge in [-0.15, -0.1) is 0 Å². The Kier molecular flexibility index (Phi) is 4.53. The van der Waals surface area contributed by atoms with Crippen molar-refractivity contribution in [3.8, 4) is 11.5 Å². The number of aryl methyl sites for hydroxylation is 4. The van der Waals surface area contributed by atoms with E-state index in [1.165, 1.54) is 0 Å². The average Bonchev–Trinajstić information content (AvgIpc) is 2.96. The van der Waals surface area contributed by atoms with E-state index in [9.17, 15) is 10.2 Å². The van der Waals surface area contributed by atoms with Crippen molar-refractivity contribution in [3.63, 3.8) is 0 Å². The summed E-state index contributed by atoms with van der Waals surface area (Å²) in [6.07, 6.45) is 5.96. The van der Waals surface area contributed by atoms with Gasteiger partial charge in [0.05, 0.1) is 0 Å². The molecule has 2 N–H and O–H groups in total. The molecule has 0 aliphatic carbocycles. The maximum absolute atomic E-state index is 10.3. The van der Waals surface area contributed by atoms with Gasteiger partial charge in [0.15, 0.2) is 0 Å². The topological polar surface area (TPSA) is 49.3 Å². The van der Waals surface area contributed by atoms with Crippen molar-refractivity contribution in [2.75, 3.05) is 0 Å². The molecule has 3 aromatic rings. The predicted molar refractivity (Wildman–Crippen MR) is 98.0 cm³/mol. The summed E-state index contributed by atoms with van der Waals surface area (Å²) < 4.78 is 4.07. The van der Waals surface area contributed by atoms with E-state index < -0.39 is 0 Å². The number of hydrogen-bond donors (Lipinski definition) is 2. The highest BCUT2D eigenvalue weighted by Gasteiger charge is 2.13. The lowest BCUT2D eigenvalue weighted by atomic mass is 10.1. The van der Waals surface area contributed by atoms with Gasteiger partial charge in [-0.05, 0) is 51.0 Å². The molecule has 0 unspecified atom stereocenters. The van der Waals surface area contributed by atoms with Gasteiger partial charge in [0, 0.05) is 11.1 Å². The molecule has 25 heavy (non-hydrogen) atoms. The minimum Gasteiger partial charge on any atom is -0.507 e. The van der Waals surface area contributed by atoms with Gasteiger partial charge in [-0.3, -0.25) is 0 Å². The molecular formula is C21H25N2O2+. The van der Waals surface area contributed by atoms with E-state index in [0.29, 0.717) is 24.6 Å². The van der Waals surface area contributed by atoms with Crippen LogP contribution in [-0.4, -0.2) is 14.8 Å². The number of nitrogens with zero attached hydrogens (tertiary/aromatic N) is 2. The molecule has 0 saturated heterocycles.